The van der Waals surface area contributed by atoms with Gasteiger partial charge in [0.15, 0.2) is 5.13 Å². The molecular formula is C21H20N2O7S2. The third kappa shape index (κ3) is 8.98. The molecule has 2 aromatic carbocycles. The summed E-state index contributed by atoms with van der Waals surface area (Å²) in [5.41, 5.74) is 0.444. The summed E-state index contributed by atoms with van der Waals surface area (Å²) >= 11 is 1.36. The number of carbonyl (C=O) groups excluding carboxylic acids is 1. The van der Waals surface area contributed by atoms with Crippen molar-refractivity contribution in [3.05, 3.63) is 65.7 Å². The molecule has 1 amide bonds. The van der Waals surface area contributed by atoms with E-state index in [1.165, 1.54) is 11.3 Å². The first-order chi connectivity index (χ1) is 15.2. The minimum Gasteiger partial charge on any atom is -0.491 e. The number of para-hydroxylation sites is 1. The van der Waals surface area contributed by atoms with Crippen LogP contribution in [0, 0.1) is 0 Å². The van der Waals surface area contributed by atoms with Crippen LogP contribution in [-0.4, -0.2) is 41.9 Å². The zero-order chi connectivity index (χ0) is 23.5. The Morgan fingerprint density at radius 3 is 2.31 bits per heavy atom. The third-order valence-corrected chi connectivity index (χ3v) is 4.43. The Balaban J connectivity index is 0.000000451. The topological polar surface area (TPSA) is 132 Å². The van der Waals surface area contributed by atoms with Gasteiger partial charge in [-0.15, -0.1) is 11.3 Å². The lowest BCUT2D eigenvalue weighted by Crippen LogP contribution is -2.13. The van der Waals surface area contributed by atoms with Crippen LogP contribution in [0.3, 0.4) is 0 Å². The van der Waals surface area contributed by atoms with E-state index in [-0.39, 0.29) is 17.4 Å². The smallest absolute Gasteiger partial charge is 0.343 e. The van der Waals surface area contributed by atoms with E-state index in [2.05, 4.69) is 10.3 Å². The Hall–Kier alpha value is -3.70. The molecule has 0 saturated heterocycles. The maximum atomic E-state index is 12.5. The van der Waals surface area contributed by atoms with Gasteiger partial charge in [-0.1, -0.05) is 18.2 Å². The molecule has 0 bridgehead atoms. The summed E-state index contributed by atoms with van der Waals surface area (Å²) in [4.78, 5) is 25.9. The Bertz CT molecular complexity index is 1170. The first kappa shape index (κ1) is 24.6. The average Bonchev–Trinajstić information content (AvgIpc) is 3.20. The zero-order valence-corrected chi connectivity index (χ0v) is 18.7. The fourth-order valence-electron chi connectivity index (χ4n) is 2.26. The summed E-state index contributed by atoms with van der Waals surface area (Å²) in [5, 5.41) is 12.9. The van der Waals surface area contributed by atoms with Gasteiger partial charge in [-0.2, -0.15) is 8.42 Å². The van der Waals surface area contributed by atoms with Crippen LogP contribution in [0.15, 0.2) is 60.1 Å². The van der Waals surface area contributed by atoms with Crippen LogP contribution in [0.5, 0.6) is 17.2 Å². The molecule has 0 aliphatic rings. The van der Waals surface area contributed by atoms with Crippen molar-refractivity contribution in [3.8, 4) is 17.2 Å². The summed E-state index contributed by atoms with van der Waals surface area (Å²) in [5.74, 6) is 0.0900. The predicted molar refractivity (Wildman–Crippen MR) is 121 cm³/mol. The summed E-state index contributed by atoms with van der Waals surface area (Å²) in [7, 11) is -2.57. The van der Waals surface area contributed by atoms with Gasteiger partial charge in [-0.05, 0) is 38.1 Å². The van der Waals surface area contributed by atoms with Gasteiger partial charge in [0.05, 0.1) is 6.10 Å². The van der Waals surface area contributed by atoms with E-state index < -0.39 is 16.3 Å². The second-order valence-electron chi connectivity index (χ2n) is 6.28. The van der Waals surface area contributed by atoms with E-state index in [0.29, 0.717) is 27.9 Å². The van der Waals surface area contributed by atoms with E-state index >= 15 is 0 Å². The quantitative estimate of drug-likeness (QED) is 0.493. The molecule has 9 nitrogen and oxygen atoms in total. The standard InChI is InChI=1S/C19H18N2O3S.C2H2O4S/c1-13(2)23-16-10-14(18(22)21-19-20-8-9-25-19)11-17(12-16)24-15-6-4-3-5-7-15;3-2(4)1-7(5)6/h3-13H,1-2H3,(H,20,21,22);1H,(H,3,4). The number of rotatable bonds is 7. The number of aromatic nitrogens is 1. The van der Waals surface area contributed by atoms with Crippen molar-refractivity contribution in [2.75, 3.05) is 5.32 Å². The number of nitrogens with zero attached hydrogens (tertiary/aromatic N) is 1. The zero-order valence-electron chi connectivity index (χ0n) is 17.1. The minimum absolute atomic E-state index is 0.0122. The van der Waals surface area contributed by atoms with E-state index in [4.69, 9.17) is 14.6 Å². The largest absolute Gasteiger partial charge is 0.491 e. The van der Waals surface area contributed by atoms with E-state index in [1.807, 2.05) is 44.2 Å². The van der Waals surface area contributed by atoms with Crippen LogP contribution >= 0.6 is 11.3 Å². The highest BCUT2D eigenvalue weighted by Crippen LogP contribution is 2.28. The summed E-state index contributed by atoms with van der Waals surface area (Å²) in [6.45, 7) is 3.86. The van der Waals surface area contributed by atoms with Gasteiger partial charge in [-0.25, -0.2) is 9.78 Å². The fraction of sp³-hybridized carbons (Fsp3) is 0.143. The highest BCUT2D eigenvalue weighted by Gasteiger charge is 2.13. The Kier molecular flexibility index (Phi) is 9.39. The van der Waals surface area contributed by atoms with Crippen molar-refractivity contribution in [2.45, 2.75) is 20.0 Å². The van der Waals surface area contributed by atoms with Crippen LogP contribution in [-0.2, 0) is 15.1 Å². The Labute approximate surface area is 189 Å². The van der Waals surface area contributed by atoms with Gasteiger partial charge in [-0.3, -0.25) is 10.1 Å². The molecular weight excluding hydrogens is 456 g/mol. The van der Waals surface area contributed by atoms with Gasteiger partial charge in [0.2, 0.25) is 10.3 Å². The molecule has 0 fully saturated rings. The van der Waals surface area contributed by atoms with Crippen molar-refractivity contribution in [2.24, 2.45) is 0 Å². The summed E-state index contributed by atoms with van der Waals surface area (Å²) < 4.78 is 30.3. The van der Waals surface area contributed by atoms with Crippen LogP contribution in [0.1, 0.15) is 24.2 Å². The maximum Gasteiger partial charge on any atom is 0.343 e. The summed E-state index contributed by atoms with van der Waals surface area (Å²) in [6.07, 6.45) is 1.63. The number of benzene rings is 2. The highest BCUT2D eigenvalue weighted by atomic mass is 32.2. The molecule has 0 aliphatic heterocycles. The number of carbonyl (C=O) groups is 2. The van der Waals surface area contributed by atoms with E-state index in [9.17, 15) is 18.0 Å². The molecule has 0 atom stereocenters. The lowest BCUT2D eigenvalue weighted by molar-refractivity contribution is -0.128. The number of hydrogen-bond acceptors (Lipinski definition) is 8. The van der Waals surface area contributed by atoms with Gasteiger partial charge < -0.3 is 14.6 Å². The monoisotopic (exact) mass is 476 g/mol. The average molecular weight is 477 g/mol. The number of ether oxygens (including phenoxy) is 2. The van der Waals surface area contributed by atoms with Crippen LogP contribution in [0.2, 0.25) is 0 Å². The lowest BCUT2D eigenvalue weighted by Gasteiger charge is -2.14. The second-order valence-corrected chi connectivity index (χ2v) is 7.93. The van der Waals surface area contributed by atoms with Crippen molar-refractivity contribution in [1.29, 1.82) is 0 Å². The van der Waals surface area contributed by atoms with Gasteiger partial charge in [0.25, 0.3) is 5.91 Å². The van der Waals surface area contributed by atoms with Crippen molar-refractivity contribution in [3.63, 3.8) is 0 Å². The molecule has 0 saturated carbocycles. The molecule has 11 heteroatoms. The number of thiazole rings is 1. The van der Waals surface area contributed by atoms with Crippen LogP contribution in [0.4, 0.5) is 5.13 Å². The number of nitrogens with one attached hydrogen (secondary N) is 1. The minimum atomic E-state index is -2.57. The number of carboxylic acid groups (broad SMARTS) is 1. The van der Waals surface area contributed by atoms with Gasteiger partial charge in [0, 0.05) is 23.2 Å². The highest BCUT2D eigenvalue weighted by molar-refractivity contribution is 7.73. The van der Waals surface area contributed by atoms with Crippen LogP contribution < -0.4 is 14.8 Å². The summed E-state index contributed by atoms with van der Waals surface area (Å²) in [6, 6.07) is 14.5. The third-order valence-electron chi connectivity index (χ3n) is 3.34. The van der Waals surface area contributed by atoms with Crippen molar-refractivity contribution >= 4 is 44.0 Å². The van der Waals surface area contributed by atoms with Gasteiger partial charge in [0.1, 0.15) is 22.6 Å². The number of hydrogen-bond donors (Lipinski definition) is 2. The van der Waals surface area contributed by atoms with Crippen LogP contribution in [0.25, 0.3) is 0 Å². The number of anilines is 1. The predicted octanol–water partition coefficient (Wildman–Crippen LogP) is 3.73. The molecule has 0 unspecified atom stereocenters. The fourth-order valence-corrected chi connectivity index (χ4v) is 2.95. The molecule has 168 valence electrons. The lowest BCUT2D eigenvalue weighted by atomic mass is 10.2. The SMILES string of the molecule is CC(C)Oc1cc(Oc2ccccc2)cc(C(=O)Nc2nccs2)c1.O=C(O)C=S(=O)=O. The normalized spacial score (nSPS) is 9.84. The Morgan fingerprint density at radius 1 is 1.09 bits per heavy atom. The van der Waals surface area contributed by atoms with Crippen molar-refractivity contribution in [1.82, 2.24) is 4.98 Å². The first-order valence-corrected chi connectivity index (χ1v) is 11.2. The number of amides is 1. The Morgan fingerprint density at radius 2 is 1.78 bits per heavy atom. The molecule has 1 heterocycles. The molecule has 0 radical (unpaired) electrons. The van der Waals surface area contributed by atoms with Crippen molar-refractivity contribution < 1.29 is 32.6 Å². The van der Waals surface area contributed by atoms with Gasteiger partial charge >= 0.3 is 5.97 Å². The molecule has 32 heavy (non-hydrogen) atoms. The maximum absolute atomic E-state index is 12.5. The number of carboxylic acids is 1. The first-order valence-electron chi connectivity index (χ1n) is 9.14. The molecule has 2 N–H and O–H groups in total. The van der Waals surface area contributed by atoms with E-state index in [1.54, 1.807) is 29.8 Å². The second kappa shape index (κ2) is 12.2. The molecule has 0 aliphatic carbocycles. The molecule has 0 spiro atoms. The molecule has 3 aromatic rings. The number of aliphatic carboxylic acids is 1. The van der Waals surface area contributed by atoms with E-state index in [0.717, 1.165) is 0 Å². The molecule has 3 rings (SSSR count). The molecule has 1 aromatic heterocycles.